The summed E-state index contributed by atoms with van der Waals surface area (Å²) < 4.78 is 40.0. The number of quaternary nitrogens is 1. The van der Waals surface area contributed by atoms with Gasteiger partial charge in [0.2, 0.25) is 0 Å². The van der Waals surface area contributed by atoms with E-state index in [1.807, 2.05) is 33.3 Å². The molecule has 1 unspecified atom stereocenters. The number of carbonyl (C=O) groups is 2. The summed E-state index contributed by atoms with van der Waals surface area (Å²) in [5.41, 5.74) is 2.57. The Labute approximate surface area is 363 Å². The van der Waals surface area contributed by atoms with Crippen molar-refractivity contribution in [3.05, 3.63) is 71.3 Å². The zero-order valence-electron chi connectivity index (χ0n) is 38.5. The van der Waals surface area contributed by atoms with Crippen molar-refractivity contribution in [2.75, 3.05) is 47.5 Å². The Morgan fingerprint density at radius 3 is 1.98 bits per heavy atom. The number of rotatable bonds is 37. The summed E-state index contributed by atoms with van der Waals surface area (Å²) in [5, 5.41) is 10.3. The second-order valence-electron chi connectivity index (χ2n) is 16.8. The minimum atomic E-state index is -4.69. The zero-order chi connectivity index (χ0) is 44.5. The van der Waals surface area contributed by atoms with Gasteiger partial charge in [-0.05, 0) is 82.8 Å². The predicted molar refractivity (Wildman–Crippen MR) is 240 cm³/mol. The van der Waals surface area contributed by atoms with Crippen molar-refractivity contribution >= 4 is 19.8 Å². The van der Waals surface area contributed by atoms with Crippen molar-refractivity contribution in [1.29, 1.82) is 0 Å². The maximum atomic E-state index is 12.8. The Morgan fingerprint density at radius 2 is 1.32 bits per heavy atom. The van der Waals surface area contributed by atoms with Crippen molar-refractivity contribution in [3.63, 3.8) is 0 Å². The largest absolute Gasteiger partial charge is 0.756 e. The van der Waals surface area contributed by atoms with E-state index in [2.05, 4.69) is 52.0 Å². The average molecular weight is 864 g/mol. The van der Waals surface area contributed by atoms with Gasteiger partial charge in [-0.1, -0.05) is 114 Å². The molecule has 0 aromatic carbocycles. The fourth-order valence-corrected chi connectivity index (χ4v) is 6.96. The minimum Gasteiger partial charge on any atom is -0.756 e. The quantitative estimate of drug-likeness (QED) is 0.0171. The highest BCUT2D eigenvalue weighted by molar-refractivity contribution is 7.45. The molecule has 0 bridgehead atoms. The summed E-state index contributed by atoms with van der Waals surface area (Å²) in [6.45, 7) is 8.19. The first-order valence-electron chi connectivity index (χ1n) is 22.8. The molecule has 1 heterocycles. The molecule has 0 radical (unpaired) electrons. The van der Waals surface area contributed by atoms with Gasteiger partial charge in [-0.25, -0.2) is 0 Å². The highest BCUT2D eigenvalue weighted by Gasteiger charge is 2.22. The van der Waals surface area contributed by atoms with Gasteiger partial charge in [0.05, 0.1) is 33.9 Å². The molecule has 1 N–H and O–H groups in total. The van der Waals surface area contributed by atoms with Crippen LogP contribution in [-0.2, 0) is 45.5 Å². The van der Waals surface area contributed by atoms with E-state index in [1.54, 1.807) is 12.2 Å². The maximum Gasteiger partial charge on any atom is 0.306 e. The van der Waals surface area contributed by atoms with Gasteiger partial charge in [0.1, 0.15) is 31.3 Å². The molecular weight excluding hydrogens is 781 g/mol. The van der Waals surface area contributed by atoms with Gasteiger partial charge >= 0.3 is 11.9 Å². The molecule has 1 rings (SSSR count). The summed E-state index contributed by atoms with van der Waals surface area (Å²) in [6, 6.07) is 0. The second kappa shape index (κ2) is 33.8. The maximum absolute atomic E-state index is 12.8. The molecular formula is C48H82NO10P. The summed E-state index contributed by atoms with van der Waals surface area (Å²) in [6.07, 6.45) is 32.9. The number of nitrogens with zero attached hydrogens (tertiary/aromatic N) is 1. The minimum absolute atomic E-state index is 0.0369. The number of hydrogen-bond donors (Lipinski definition) is 1. The highest BCUT2D eigenvalue weighted by Crippen LogP contribution is 2.38. The van der Waals surface area contributed by atoms with Crippen LogP contribution in [0.2, 0.25) is 0 Å². The number of phosphoric acid groups is 1. The van der Waals surface area contributed by atoms with Gasteiger partial charge in [0.25, 0.3) is 7.82 Å². The fourth-order valence-electron chi connectivity index (χ4n) is 6.23. The number of likely N-dealkylation sites (N-methyl/N-ethyl adjacent to an activating group) is 1. The van der Waals surface area contributed by atoms with Crippen LogP contribution in [0, 0.1) is 13.8 Å². The number of hydrogen-bond acceptors (Lipinski definition) is 10. The van der Waals surface area contributed by atoms with Crippen LogP contribution in [0.5, 0.6) is 0 Å². The zero-order valence-corrected chi connectivity index (χ0v) is 39.4. The summed E-state index contributed by atoms with van der Waals surface area (Å²) in [5.74, 6) is 1.17. The number of aliphatic hydroxyl groups excluding tert-OH is 1. The van der Waals surface area contributed by atoms with Crippen LogP contribution in [0.15, 0.2) is 53.0 Å². The lowest BCUT2D eigenvalue weighted by molar-refractivity contribution is -0.870. The van der Waals surface area contributed by atoms with Gasteiger partial charge in [-0.15, -0.1) is 0 Å². The van der Waals surface area contributed by atoms with Gasteiger partial charge in [0, 0.05) is 25.7 Å². The number of carbonyl (C=O) groups excluding carboxylic acids is 2. The van der Waals surface area contributed by atoms with Crippen LogP contribution in [0.25, 0.3) is 0 Å². The topological polar surface area (TPSA) is 145 Å². The van der Waals surface area contributed by atoms with Crippen LogP contribution < -0.4 is 4.89 Å². The number of esters is 2. The first kappa shape index (κ1) is 55.2. The normalized spacial score (nSPS) is 14.5. The van der Waals surface area contributed by atoms with Gasteiger partial charge < -0.3 is 37.4 Å². The first-order valence-corrected chi connectivity index (χ1v) is 24.3. The predicted octanol–water partition coefficient (Wildman–Crippen LogP) is 10.7. The van der Waals surface area contributed by atoms with E-state index in [1.165, 1.54) is 43.2 Å². The van der Waals surface area contributed by atoms with Gasteiger partial charge in [0.15, 0.2) is 6.10 Å². The summed E-state index contributed by atoms with van der Waals surface area (Å²) >= 11 is 0. The lowest BCUT2D eigenvalue weighted by Crippen LogP contribution is -2.37. The average Bonchev–Trinajstić information content (AvgIpc) is 3.46. The second-order valence-corrected chi connectivity index (χ2v) is 18.3. The van der Waals surface area contributed by atoms with E-state index >= 15 is 0 Å². The molecule has 0 aliphatic heterocycles. The van der Waals surface area contributed by atoms with Crippen molar-refractivity contribution in [3.8, 4) is 0 Å². The first-order chi connectivity index (χ1) is 28.7. The third-order valence-electron chi connectivity index (χ3n) is 10.2. The monoisotopic (exact) mass is 864 g/mol. The van der Waals surface area contributed by atoms with E-state index in [0.717, 1.165) is 82.1 Å². The molecule has 0 spiro atoms. The van der Waals surface area contributed by atoms with Gasteiger partial charge in [-0.2, -0.15) is 0 Å². The van der Waals surface area contributed by atoms with Crippen LogP contribution in [0.1, 0.15) is 158 Å². The Balaban J connectivity index is 2.47. The molecule has 0 saturated heterocycles. The highest BCUT2D eigenvalue weighted by atomic mass is 31.2. The van der Waals surface area contributed by atoms with E-state index in [0.29, 0.717) is 30.3 Å². The number of unbranched alkanes of at least 4 members (excludes halogenated alkanes) is 10. The Kier molecular flexibility index (Phi) is 31.1. The number of allylic oxidation sites excluding steroid dienone is 7. The standard InChI is InChI=1S/C48H82NO10P/c1-8-10-12-13-14-15-16-17-18-19-20-23-27-31-43(50)32-30-36-47(51)55-39-44(40-57-60(53,54)56-38-37-49(5,6)7)58-48(52)35-29-25-22-21-24-28-34-46-42(4)41(3)45(59-46)33-26-11-9-2/h14-15,17-18,20,23,27,31,43-44,50H,8-13,16,19,21-22,24-26,28-30,32-40H2,1-7H3/b15-14-,18-17-,23-20-,31-27+/t43-,44-/m1/s1. The molecule has 1 aromatic rings. The SMILES string of the molecule is CCCCC/C=C\C/C=C\C/C=C\C=C\[C@@H](O)CCCC(=O)OC[C@H](COP(=O)([O-])OCC[N+](C)(C)C)OC(=O)CCCCCCCCc1oc(CCCCC)c(C)c1C. The molecule has 0 saturated carbocycles. The summed E-state index contributed by atoms with van der Waals surface area (Å²) in [7, 11) is 1.03. The molecule has 344 valence electrons. The third kappa shape index (κ3) is 30.3. The van der Waals surface area contributed by atoms with E-state index in [-0.39, 0.29) is 26.1 Å². The van der Waals surface area contributed by atoms with Crippen molar-refractivity contribution in [2.24, 2.45) is 0 Å². The lowest BCUT2D eigenvalue weighted by atomic mass is 10.0. The van der Waals surface area contributed by atoms with Crippen molar-refractivity contribution in [1.82, 2.24) is 0 Å². The molecule has 11 nitrogen and oxygen atoms in total. The lowest BCUT2D eigenvalue weighted by Gasteiger charge is -2.28. The Hall–Kier alpha value is -2.79. The molecule has 0 amide bonds. The molecule has 3 atom stereocenters. The van der Waals surface area contributed by atoms with E-state index in [9.17, 15) is 24.2 Å². The number of ether oxygens (including phenoxy) is 2. The van der Waals surface area contributed by atoms with Crippen molar-refractivity contribution < 1.29 is 51.6 Å². The molecule has 0 aliphatic carbocycles. The smallest absolute Gasteiger partial charge is 0.306 e. The van der Waals surface area contributed by atoms with Crippen LogP contribution in [-0.4, -0.2) is 81.2 Å². The molecule has 60 heavy (non-hydrogen) atoms. The molecule has 0 aliphatic rings. The number of phosphoric ester groups is 1. The number of aryl methyl sites for hydroxylation is 2. The van der Waals surface area contributed by atoms with Crippen LogP contribution in [0.3, 0.4) is 0 Å². The Morgan fingerprint density at radius 1 is 0.733 bits per heavy atom. The van der Waals surface area contributed by atoms with Crippen LogP contribution >= 0.6 is 7.82 Å². The van der Waals surface area contributed by atoms with E-state index < -0.39 is 38.6 Å². The Bertz CT molecular complexity index is 1460. The molecule has 12 heteroatoms. The van der Waals surface area contributed by atoms with Gasteiger partial charge in [-0.3, -0.25) is 14.2 Å². The van der Waals surface area contributed by atoms with Crippen LogP contribution in [0.4, 0.5) is 0 Å². The van der Waals surface area contributed by atoms with E-state index in [4.69, 9.17) is 22.9 Å². The number of aliphatic hydroxyl groups is 1. The number of furan rings is 1. The fraction of sp³-hybridized carbons (Fsp3) is 0.708. The third-order valence-corrected chi connectivity index (χ3v) is 11.1. The molecule has 1 aromatic heterocycles. The molecule has 0 fully saturated rings. The summed E-state index contributed by atoms with van der Waals surface area (Å²) in [4.78, 5) is 37.7. The van der Waals surface area contributed by atoms with Crippen molar-refractivity contribution in [2.45, 2.75) is 175 Å².